The van der Waals surface area contributed by atoms with E-state index in [1.54, 1.807) is 0 Å². The normalized spacial score (nSPS) is 46.5. The molecule has 0 bridgehead atoms. The molecule has 2 nitrogen and oxygen atoms in total. The van der Waals surface area contributed by atoms with Crippen LogP contribution >= 0.6 is 23.4 Å². The van der Waals surface area contributed by atoms with Crippen molar-refractivity contribution < 1.29 is 9.53 Å². The Balaban J connectivity index is 1.77. The Morgan fingerprint density at radius 1 is 1.21 bits per heavy atom. The second-order valence-corrected chi connectivity index (χ2v) is 8.03. The highest BCUT2D eigenvalue weighted by atomic mass is 35.5. The zero-order chi connectivity index (χ0) is 13.4. The molecular weight excluding hydrogens is 280 g/mol. The van der Waals surface area contributed by atoms with Crippen molar-refractivity contribution in [2.24, 2.45) is 11.8 Å². The second kappa shape index (κ2) is 5.95. The van der Waals surface area contributed by atoms with Crippen molar-refractivity contribution in [3.05, 3.63) is 0 Å². The van der Waals surface area contributed by atoms with Crippen LogP contribution in [-0.4, -0.2) is 34.4 Å². The fourth-order valence-electron chi connectivity index (χ4n) is 4.04. The first-order chi connectivity index (χ1) is 9.22. The van der Waals surface area contributed by atoms with Crippen molar-refractivity contribution >= 4 is 29.1 Å². The molecule has 0 amide bonds. The third-order valence-electron chi connectivity index (χ3n) is 4.96. The average Bonchev–Trinajstić information content (AvgIpc) is 2.42. The third kappa shape index (κ3) is 2.58. The molecule has 0 spiro atoms. The van der Waals surface area contributed by atoms with Crippen LogP contribution in [0.3, 0.4) is 0 Å². The van der Waals surface area contributed by atoms with Crippen molar-refractivity contribution in [2.45, 2.75) is 67.4 Å². The predicted octanol–water partition coefficient (Wildman–Crippen LogP) is 3.65. The monoisotopic (exact) mass is 302 g/mol. The number of ketones is 1. The highest BCUT2D eigenvalue weighted by molar-refractivity contribution is 8.00. The van der Waals surface area contributed by atoms with Crippen LogP contribution < -0.4 is 0 Å². The molecular formula is C15H23ClO2S. The summed E-state index contributed by atoms with van der Waals surface area (Å²) in [7, 11) is 0. The first kappa shape index (κ1) is 14.2. The minimum atomic E-state index is -0.110. The summed E-state index contributed by atoms with van der Waals surface area (Å²) in [6.45, 7) is 2.70. The summed E-state index contributed by atoms with van der Waals surface area (Å²) in [5.41, 5.74) is 0. The molecule has 4 heteroatoms. The molecule has 108 valence electrons. The van der Waals surface area contributed by atoms with Crippen LogP contribution in [0.5, 0.6) is 0 Å². The van der Waals surface area contributed by atoms with E-state index in [1.165, 1.54) is 19.3 Å². The van der Waals surface area contributed by atoms with Crippen molar-refractivity contribution in [3.63, 3.8) is 0 Å². The molecule has 19 heavy (non-hydrogen) atoms. The maximum Gasteiger partial charge on any atom is 0.142 e. The number of Topliss-reactive ketones (excluding diaryl/α,β-unsaturated/α-hetero) is 1. The van der Waals surface area contributed by atoms with Gasteiger partial charge < -0.3 is 4.74 Å². The van der Waals surface area contributed by atoms with Gasteiger partial charge in [0.25, 0.3) is 0 Å². The van der Waals surface area contributed by atoms with Gasteiger partial charge >= 0.3 is 0 Å². The molecule has 3 rings (SSSR count). The quantitative estimate of drug-likeness (QED) is 0.728. The van der Waals surface area contributed by atoms with Gasteiger partial charge in [0, 0.05) is 28.9 Å². The van der Waals surface area contributed by atoms with E-state index in [1.807, 2.05) is 6.92 Å². The number of hydrogen-bond donors (Lipinski definition) is 0. The smallest absolute Gasteiger partial charge is 0.142 e. The first-order valence-corrected chi connectivity index (χ1v) is 9.05. The standard InChI is InChI=1S/C15H23ClO2S/c1-2-18-10-7-8-12-13(14(10)16)15(17)9-5-3-4-6-11(9)19-12/h9-14H,2-8H2,1H3. The Hall–Kier alpha value is 0.270. The number of alkyl halides is 1. The van der Waals surface area contributed by atoms with E-state index in [9.17, 15) is 4.79 Å². The predicted molar refractivity (Wildman–Crippen MR) is 79.9 cm³/mol. The molecule has 1 saturated heterocycles. The molecule has 0 aromatic heterocycles. The van der Waals surface area contributed by atoms with Gasteiger partial charge in [0.05, 0.1) is 11.5 Å². The fourth-order valence-corrected chi connectivity index (χ4v) is 6.58. The van der Waals surface area contributed by atoms with Crippen LogP contribution in [0, 0.1) is 11.8 Å². The van der Waals surface area contributed by atoms with Gasteiger partial charge in [-0.3, -0.25) is 4.79 Å². The second-order valence-electron chi connectivity index (χ2n) is 6.05. The van der Waals surface area contributed by atoms with Gasteiger partial charge in [-0.1, -0.05) is 12.8 Å². The number of rotatable bonds is 2. The molecule has 0 aromatic rings. The van der Waals surface area contributed by atoms with E-state index >= 15 is 0 Å². The lowest BCUT2D eigenvalue weighted by molar-refractivity contribution is -0.130. The van der Waals surface area contributed by atoms with Gasteiger partial charge in [0.15, 0.2) is 0 Å². The van der Waals surface area contributed by atoms with E-state index in [2.05, 4.69) is 11.8 Å². The number of ether oxygens (including phenoxy) is 1. The summed E-state index contributed by atoms with van der Waals surface area (Å²) in [6.07, 6.45) is 7.02. The summed E-state index contributed by atoms with van der Waals surface area (Å²) < 4.78 is 5.74. The van der Waals surface area contributed by atoms with Crippen LogP contribution in [0.4, 0.5) is 0 Å². The number of thioether (sulfide) groups is 1. The maximum atomic E-state index is 12.8. The Bertz CT molecular complexity index is 347. The zero-order valence-electron chi connectivity index (χ0n) is 11.5. The SMILES string of the molecule is CCOC1CCC2SC3CCCCC3C(=O)C2C1Cl. The van der Waals surface area contributed by atoms with E-state index in [-0.39, 0.29) is 23.3 Å². The van der Waals surface area contributed by atoms with E-state index in [4.69, 9.17) is 16.3 Å². The van der Waals surface area contributed by atoms with Gasteiger partial charge in [-0.05, 0) is 32.6 Å². The third-order valence-corrected chi connectivity index (χ3v) is 7.31. The molecule has 2 aliphatic carbocycles. The first-order valence-electron chi connectivity index (χ1n) is 7.67. The molecule has 6 atom stereocenters. The highest BCUT2D eigenvalue weighted by Crippen LogP contribution is 2.50. The van der Waals surface area contributed by atoms with Crippen LogP contribution in [0.1, 0.15) is 45.4 Å². The Morgan fingerprint density at radius 3 is 2.79 bits per heavy atom. The van der Waals surface area contributed by atoms with Crippen LogP contribution in [0.2, 0.25) is 0 Å². The molecule has 0 N–H and O–H groups in total. The largest absolute Gasteiger partial charge is 0.377 e. The number of carbonyl (C=O) groups excluding carboxylic acids is 1. The maximum absolute atomic E-state index is 12.8. The number of carbonyl (C=O) groups is 1. The Labute approximate surface area is 125 Å². The van der Waals surface area contributed by atoms with E-state index in [0.29, 0.717) is 22.9 Å². The van der Waals surface area contributed by atoms with Crippen molar-refractivity contribution in [3.8, 4) is 0 Å². The van der Waals surface area contributed by atoms with Gasteiger partial charge in [0.1, 0.15) is 5.78 Å². The summed E-state index contributed by atoms with van der Waals surface area (Å²) in [5.74, 6) is 0.774. The van der Waals surface area contributed by atoms with Crippen molar-refractivity contribution in [1.82, 2.24) is 0 Å². The summed E-state index contributed by atoms with van der Waals surface area (Å²) >= 11 is 8.67. The minimum absolute atomic E-state index is 0.0383. The molecule has 2 saturated carbocycles. The summed E-state index contributed by atoms with van der Waals surface area (Å²) in [4.78, 5) is 12.8. The molecule has 0 aromatic carbocycles. The van der Waals surface area contributed by atoms with Gasteiger partial charge in [0.2, 0.25) is 0 Å². The number of fused-ring (bicyclic) bond motifs is 2. The summed E-state index contributed by atoms with van der Waals surface area (Å²) in [5, 5.41) is 0.919. The zero-order valence-corrected chi connectivity index (χ0v) is 13.1. The fraction of sp³-hybridized carbons (Fsp3) is 0.933. The summed E-state index contributed by atoms with van der Waals surface area (Å²) in [6, 6.07) is 0. The lowest BCUT2D eigenvalue weighted by Crippen LogP contribution is -2.53. The van der Waals surface area contributed by atoms with Gasteiger partial charge in [-0.15, -0.1) is 11.6 Å². The highest BCUT2D eigenvalue weighted by Gasteiger charge is 2.51. The van der Waals surface area contributed by atoms with Crippen LogP contribution in [-0.2, 0) is 9.53 Å². The molecule has 1 heterocycles. The number of hydrogen-bond acceptors (Lipinski definition) is 3. The van der Waals surface area contributed by atoms with E-state index in [0.717, 1.165) is 19.3 Å². The van der Waals surface area contributed by atoms with Crippen LogP contribution in [0.25, 0.3) is 0 Å². The topological polar surface area (TPSA) is 26.3 Å². The minimum Gasteiger partial charge on any atom is -0.377 e. The van der Waals surface area contributed by atoms with Crippen molar-refractivity contribution in [2.75, 3.05) is 6.61 Å². The Kier molecular flexibility index (Phi) is 4.45. The average molecular weight is 303 g/mol. The van der Waals surface area contributed by atoms with Crippen molar-refractivity contribution in [1.29, 1.82) is 0 Å². The molecule has 3 aliphatic rings. The molecule has 6 unspecified atom stereocenters. The molecule has 1 aliphatic heterocycles. The van der Waals surface area contributed by atoms with Crippen LogP contribution in [0.15, 0.2) is 0 Å². The molecule has 0 radical (unpaired) electrons. The van der Waals surface area contributed by atoms with Gasteiger partial charge in [-0.25, -0.2) is 0 Å². The lowest BCUT2D eigenvalue weighted by Gasteiger charge is -2.47. The van der Waals surface area contributed by atoms with Gasteiger partial charge in [-0.2, -0.15) is 11.8 Å². The number of halogens is 1. The molecule has 3 fully saturated rings. The Morgan fingerprint density at radius 2 is 2.00 bits per heavy atom. The lowest BCUT2D eigenvalue weighted by atomic mass is 9.74. The van der Waals surface area contributed by atoms with E-state index < -0.39 is 0 Å².